The molecule has 1 saturated heterocycles. The minimum atomic E-state index is -1.26. The summed E-state index contributed by atoms with van der Waals surface area (Å²) in [5.74, 6) is -5.21. The predicted molar refractivity (Wildman–Crippen MR) is 309 cm³/mol. The van der Waals surface area contributed by atoms with Crippen molar-refractivity contribution in [2.24, 2.45) is 39.4 Å². The van der Waals surface area contributed by atoms with E-state index in [1.54, 1.807) is 0 Å². The molecule has 0 aromatic rings. The van der Waals surface area contributed by atoms with Gasteiger partial charge in [0.1, 0.15) is 36.3 Å². The highest BCUT2D eigenvalue weighted by atomic mass is 16.3. The molecule has 79 heavy (non-hydrogen) atoms. The molecular formula is C55H107N15O9. The Hall–Kier alpha value is -5.17. The van der Waals surface area contributed by atoms with Gasteiger partial charge in [-0.25, -0.2) is 0 Å². The predicted octanol–water partition coefficient (Wildman–Crippen LogP) is 0.723. The molecule has 456 valence electrons. The van der Waals surface area contributed by atoms with Crippen LogP contribution in [-0.4, -0.2) is 146 Å². The monoisotopic (exact) mass is 1120 g/mol. The molecule has 1 aliphatic rings. The molecule has 0 unspecified atom stereocenters. The smallest absolute Gasteiger partial charge is 0.243 e. The van der Waals surface area contributed by atoms with Gasteiger partial charge in [0.05, 0.1) is 19.1 Å². The number of carbonyl (C=O) groups excluding carboxylic acids is 8. The molecule has 0 radical (unpaired) electrons. The number of nitrogens with two attached hydrogens (primary N) is 6. The third kappa shape index (κ3) is 35.9. The Morgan fingerprint density at radius 2 is 1.00 bits per heavy atom. The van der Waals surface area contributed by atoms with Gasteiger partial charge in [0.2, 0.25) is 47.3 Å². The molecule has 0 spiro atoms. The van der Waals surface area contributed by atoms with Crippen molar-refractivity contribution in [3.8, 4) is 0 Å². The first-order valence-electron chi connectivity index (χ1n) is 30.0. The van der Waals surface area contributed by atoms with Crippen LogP contribution in [0.4, 0.5) is 0 Å². The molecular weight excluding hydrogens is 1010 g/mol. The van der Waals surface area contributed by atoms with E-state index in [1.165, 1.54) is 51.4 Å². The van der Waals surface area contributed by atoms with Crippen LogP contribution in [-0.2, 0) is 38.4 Å². The van der Waals surface area contributed by atoms with Crippen LogP contribution in [0.5, 0.6) is 0 Å². The lowest BCUT2D eigenvalue weighted by Gasteiger charge is -2.28. The van der Waals surface area contributed by atoms with E-state index >= 15 is 0 Å². The lowest BCUT2D eigenvalue weighted by atomic mass is 10.0. The molecule has 21 N–H and O–H groups in total. The van der Waals surface area contributed by atoms with Crippen molar-refractivity contribution >= 4 is 53.2 Å². The first kappa shape index (κ1) is 71.8. The van der Waals surface area contributed by atoms with Gasteiger partial charge in [-0.05, 0) is 142 Å². The van der Waals surface area contributed by atoms with E-state index in [9.17, 15) is 43.5 Å². The standard InChI is InChI=1S/C55H107N15O9/c1-2-3-4-5-6-7-8-9-10-11-12-13-25-40(71)38-47(72)64-39-48(73)65-42(31-24-37-63-55(60)61)50(75)67-46-30-18-23-36-62-49(74)41(26-14-19-32-56)66-51(76)43(27-15-20-33-57)68-52(77)44(28-16-21-34-58)69-53(78)45(70-54(46)79)29-17-22-35-59/h40-46,71H,2-39,56-59H2,1H3,(H,62,74)(H,64,72)(H,65,73)(H,66,76)(H,67,75)(H,68,77)(H,69,78)(H,70,79)(H4,60,61,63)/t40-,41+,42+,43-,44-,45+,46-/m1/s1. The number of hydrogen-bond acceptors (Lipinski definition) is 14. The molecule has 0 aromatic heterocycles. The fourth-order valence-electron chi connectivity index (χ4n) is 9.29. The number of aliphatic imine (C=N–C) groups is 1. The van der Waals surface area contributed by atoms with Gasteiger partial charge in [-0.3, -0.25) is 43.3 Å². The third-order valence-electron chi connectivity index (χ3n) is 14.0. The van der Waals surface area contributed by atoms with Gasteiger partial charge in [-0.15, -0.1) is 0 Å². The zero-order chi connectivity index (χ0) is 58.5. The van der Waals surface area contributed by atoms with Crippen molar-refractivity contribution in [1.82, 2.24) is 42.5 Å². The Balaban J connectivity index is 3.36. The number of carbonyl (C=O) groups is 8. The van der Waals surface area contributed by atoms with E-state index in [1.807, 2.05) is 0 Å². The topological polar surface area (TPSA) is 422 Å². The van der Waals surface area contributed by atoms with Crippen LogP contribution in [0, 0.1) is 0 Å². The molecule has 0 aromatic carbocycles. The second-order valence-corrected chi connectivity index (χ2v) is 21.1. The Morgan fingerprint density at radius 3 is 1.46 bits per heavy atom. The molecule has 0 saturated carbocycles. The molecule has 1 rings (SSSR count). The van der Waals surface area contributed by atoms with Gasteiger partial charge >= 0.3 is 0 Å². The second-order valence-electron chi connectivity index (χ2n) is 21.1. The quantitative estimate of drug-likeness (QED) is 0.0228. The maximum absolute atomic E-state index is 14.4. The van der Waals surface area contributed by atoms with Gasteiger partial charge in [-0.2, -0.15) is 0 Å². The van der Waals surface area contributed by atoms with Crippen molar-refractivity contribution in [2.45, 2.75) is 248 Å². The maximum Gasteiger partial charge on any atom is 0.243 e. The molecule has 0 bridgehead atoms. The van der Waals surface area contributed by atoms with Crippen LogP contribution >= 0.6 is 0 Å². The zero-order valence-electron chi connectivity index (χ0n) is 48.0. The number of rotatable bonds is 40. The summed E-state index contributed by atoms with van der Waals surface area (Å²) in [4.78, 5) is 115. The number of guanidine groups is 1. The van der Waals surface area contributed by atoms with E-state index in [0.29, 0.717) is 90.4 Å². The molecule has 1 aliphatic heterocycles. The van der Waals surface area contributed by atoms with E-state index in [4.69, 9.17) is 34.4 Å². The largest absolute Gasteiger partial charge is 0.393 e. The Morgan fingerprint density at radius 1 is 0.557 bits per heavy atom. The van der Waals surface area contributed by atoms with E-state index in [-0.39, 0.29) is 76.8 Å². The highest BCUT2D eigenvalue weighted by Crippen LogP contribution is 2.15. The Bertz CT molecular complexity index is 1760. The maximum atomic E-state index is 14.4. The van der Waals surface area contributed by atoms with Crippen molar-refractivity contribution < 1.29 is 43.5 Å². The van der Waals surface area contributed by atoms with Crippen molar-refractivity contribution in [3.63, 3.8) is 0 Å². The van der Waals surface area contributed by atoms with Crippen LogP contribution in [0.25, 0.3) is 0 Å². The Labute approximate surface area is 471 Å². The number of nitrogens with one attached hydrogen (secondary N) is 8. The van der Waals surface area contributed by atoms with Crippen molar-refractivity contribution in [2.75, 3.05) is 45.8 Å². The fourth-order valence-corrected chi connectivity index (χ4v) is 9.29. The number of aliphatic hydroxyl groups excluding tert-OH is 1. The van der Waals surface area contributed by atoms with Crippen LogP contribution < -0.4 is 76.9 Å². The van der Waals surface area contributed by atoms with Gasteiger partial charge in [0.15, 0.2) is 5.96 Å². The lowest BCUT2D eigenvalue weighted by Crippen LogP contribution is -2.59. The number of aliphatic hydroxyl groups is 1. The minimum absolute atomic E-state index is 0.0228. The average molecular weight is 1120 g/mol. The first-order chi connectivity index (χ1) is 38.1. The summed E-state index contributed by atoms with van der Waals surface area (Å²) in [7, 11) is 0. The van der Waals surface area contributed by atoms with E-state index < -0.39 is 96.2 Å². The fraction of sp³-hybridized carbons (Fsp3) is 0.836. The van der Waals surface area contributed by atoms with Crippen LogP contribution in [0.15, 0.2) is 4.99 Å². The van der Waals surface area contributed by atoms with Gasteiger partial charge in [-0.1, -0.05) is 84.0 Å². The minimum Gasteiger partial charge on any atom is -0.393 e. The van der Waals surface area contributed by atoms with Crippen LogP contribution in [0.2, 0.25) is 0 Å². The van der Waals surface area contributed by atoms with Crippen molar-refractivity contribution in [3.05, 3.63) is 0 Å². The molecule has 1 heterocycles. The number of amides is 8. The van der Waals surface area contributed by atoms with Crippen molar-refractivity contribution in [1.29, 1.82) is 0 Å². The highest BCUT2D eigenvalue weighted by Gasteiger charge is 2.33. The van der Waals surface area contributed by atoms with Crippen LogP contribution in [0.1, 0.15) is 206 Å². The summed E-state index contributed by atoms with van der Waals surface area (Å²) < 4.78 is 0. The summed E-state index contributed by atoms with van der Waals surface area (Å²) in [6, 6.07) is -6.87. The SMILES string of the molecule is CCCCCCCCCCCCCC[C@@H](O)CC(=O)NCC(=O)N[C@@H](CCCN=C(N)N)C(=O)N[C@@H]1CCCCNC(=O)[C@H](CCCCN)NC(=O)[C@@H](CCCCN)NC(=O)[C@@H](CCCCN)NC(=O)[C@H](CCCCN)NC1=O. The van der Waals surface area contributed by atoms with E-state index in [0.717, 1.165) is 25.7 Å². The lowest BCUT2D eigenvalue weighted by molar-refractivity contribution is -0.135. The first-order valence-corrected chi connectivity index (χ1v) is 30.0. The molecule has 24 nitrogen and oxygen atoms in total. The molecule has 8 amide bonds. The van der Waals surface area contributed by atoms with Crippen LogP contribution in [0.3, 0.4) is 0 Å². The summed E-state index contributed by atoms with van der Waals surface area (Å²) in [5, 5.41) is 32.7. The third-order valence-corrected chi connectivity index (χ3v) is 14.0. The molecule has 1 fully saturated rings. The number of hydrogen-bond donors (Lipinski definition) is 15. The zero-order valence-corrected chi connectivity index (χ0v) is 48.0. The van der Waals surface area contributed by atoms with E-state index in [2.05, 4.69) is 54.5 Å². The summed E-state index contributed by atoms with van der Waals surface area (Å²) in [6.45, 7) is 3.36. The number of unbranched alkanes of at least 4 members (excludes halogenated alkanes) is 15. The Kier molecular flexibility index (Phi) is 42.3. The second kappa shape index (κ2) is 46.6. The molecule has 24 heteroatoms. The number of nitrogens with zero attached hydrogens (tertiary/aromatic N) is 1. The summed E-state index contributed by atoms with van der Waals surface area (Å²) in [6.07, 6.45) is 19.3. The van der Waals surface area contributed by atoms with Gasteiger partial charge in [0.25, 0.3) is 0 Å². The summed E-state index contributed by atoms with van der Waals surface area (Å²) >= 11 is 0. The van der Waals surface area contributed by atoms with Gasteiger partial charge in [0, 0.05) is 13.1 Å². The highest BCUT2D eigenvalue weighted by molar-refractivity contribution is 5.97. The molecule has 0 aliphatic carbocycles. The summed E-state index contributed by atoms with van der Waals surface area (Å²) in [5.41, 5.74) is 34.2. The molecule has 7 atom stereocenters. The van der Waals surface area contributed by atoms with Gasteiger partial charge < -0.3 is 82.0 Å². The normalized spacial score (nSPS) is 19.7. The average Bonchev–Trinajstić information content (AvgIpc) is 3.41.